The molecule has 0 saturated carbocycles. The fourth-order valence-corrected chi connectivity index (χ4v) is 3.75. The van der Waals surface area contributed by atoms with E-state index in [4.69, 9.17) is 10.6 Å². The van der Waals surface area contributed by atoms with E-state index in [2.05, 4.69) is 39.7 Å². The third-order valence-corrected chi connectivity index (χ3v) is 5.10. The molecule has 1 fully saturated rings. The summed E-state index contributed by atoms with van der Waals surface area (Å²) in [5, 5.41) is 2.09. The average Bonchev–Trinajstić information content (AvgIpc) is 2.85. The molecule has 0 bridgehead atoms. The minimum atomic E-state index is 0.201. The molecule has 0 aliphatic carbocycles. The Balaban J connectivity index is 2.03. The van der Waals surface area contributed by atoms with Crippen molar-refractivity contribution < 1.29 is 4.74 Å². The highest BCUT2D eigenvalue weighted by Gasteiger charge is 2.31. The van der Waals surface area contributed by atoms with Crippen LogP contribution in [-0.4, -0.2) is 18.8 Å². The number of hydrazine groups is 1. The Kier molecular flexibility index (Phi) is 4.38. The smallest absolute Gasteiger partial charge is 0.0771 e. The Morgan fingerprint density at radius 2 is 2.56 bits per heavy atom. The molecule has 2 rings (SSSR count). The summed E-state index contributed by atoms with van der Waals surface area (Å²) in [7, 11) is 0. The molecule has 0 spiro atoms. The van der Waals surface area contributed by atoms with E-state index in [1.54, 1.807) is 11.3 Å². The zero-order valence-electron chi connectivity index (χ0n) is 9.28. The van der Waals surface area contributed by atoms with Crippen LogP contribution in [0.3, 0.4) is 0 Å². The largest absolute Gasteiger partial charge is 0.376 e. The number of thiophene rings is 1. The molecule has 3 N–H and O–H groups in total. The average molecular weight is 305 g/mol. The second-order valence-corrected chi connectivity index (χ2v) is 6.13. The standard InChI is InChI=1S/C11H17BrN2OS/c1-7-2-4-15-11(7)9(14-13)6-10-8(12)3-5-16-10/h3,5,7,9,11,14H,2,4,6,13H2,1H3. The van der Waals surface area contributed by atoms with Crippen molar-refractivity contribution >= 4 is 27.3 Å². The van der Waals surface area contributed by atoms with Crippen molar-refractivity contribution in [3.05, 3.63) is 20.8 Å². The Bertz CT molecular complexity index is 344. The fraction of sp³-hybridized carbons (Fsp3) is 0.636. The van der Waals surface area contributed by atoms with Gasteiger partial charge in [0.1, 0.15) is 0 Å². The van der Waals surface area contributed by atoms with Gasteiger partial charge < -0.3 is 4.74 Å². The van der Waals surface area contributed by atoms with Crippen LogP contribution in [0.1, 0.15) is 18.2 Å². The minimum Gasteiger partial charge on any atom is -0.376 e. The highest BCUT2D eigenvalue weighted by atomic mass is 79.9. The number of halogens is 1. The molecule has 1 aromatic heterocycles. The summed E-state index contributed by atoms with van der Waals surface area (Å²) >= 11 is 5.30. The van der Waals surface area contributed by atoms with Crippen LogP contribution in [-0.2, 0) is 11.2 Å². The van der Waals surface area contributed by atoms with Crippen molar-refractivity contribution in [1.29, 1.82) is 0 Å². The van der Waals surface area contributed by atoms with Gasteiger partial charge in [-0.25, -0.2) is 0 Å². The Morgan fingerprint density at radius 3 is 3.06 bits per heavy atom. The summed E-state index contributed by atoms with van der Waals surface area (Å²) in [4.78, 5) is 1.32. The summed E-state index contributed by atoms with van der Waals surface area (Å²) in [6.45, 7) is 3.08. The van der Waals surface area contributed by atoms with Gasteiger partial charge in [-0.15, -0.1) is 11.3 Å². The van der Waals surface area contributed by atoms with Crippen molar-refractivity contribution in [3.8, 4) is 0 Å². The van der Waals surface area contributed by atoms with Crippen LogP contribution in [0.5, 0.6) is 0 Å². The normalized spacial score (nSPS) is 27.2. The molecule has 2 heterocycles. The van der Waals surface area contributed by atoms with Crippen LogP contribution >= 0.6 is 27.3 Å². The summed E-state index contributed by atoms with van der Waals surface area (Å²) in [5.74, 6) is 6.22. The van der Waals surface area contributed by atoms with Gasteiger partial charge in [-0.3, -0.25) is 11.3 Å². The molecule has 1 aliphatic rings. The Morgan fingerprint density at radius 1 is 1.75 bits per heavy atom. The van der Waals surface area contributed by atoms with Crippen molar-refractivity contribution in [1.82, 2.24) is 5.43 Å². The third-order valence-electron chi connectivity index (χ3n) is 3.15. The molecule has 5 heteroatoms. The summed E-state index contributed by atoms with van der Waals surface area (Å²) in [6.07, 6.45) is 2.29. The first-order valence-corrected chi connectivity index (χ1v) is 7.19. The van der Waals surface area contributed by atoms with Gasteiger partial charge in [-0.05, 0) is 39.7 Å². The number of nitrogens with one attached hydrogen (secondary N) is 1. The SMILES string of the molecule is CC1CCOC1C(Cc1sccc1Br)NN. The lowest BCUT2D eigenvalue weighted by Gasteiger charge is -2.25. The monoisotopic (exact) mass is 304 g/mol. The van der Waals surface area contributed by atoms with Gasteiger partial charge in [0, 0.05) is 22.4 Å². The highest BCUT2D eigenvalue weighted by molar-refractivity contribution is 9.10. The quantitative estimate of drug-likeness (QED) is 0.663. The zero-order valence-corrected chi connectivity index (χ0v) is 11.7. The van der Waals surface area contributed by atoms with E-state index in [9.17, 15) is 0 Å². The van der Waals surface area contributed by atoms with E-state index in [-0.39, 0.29) is 12.1 Å². The van der Waals surface area contributed by atoms with Gasteiger partial charge in [0.05, 0.1) is 12.1 Å². The first kappa shape index (κ1) is 12.5. The van der Waals surface area contributed by atoms with Crippen LogP contribution in [0.4, 0.5) is 0 Å². The van der Waals surface area contributed by atoms with Gasteiger partial charge in [0.2, 0.25) is 0 Å². The molecule has 0 aromatic carbocycles. The molecular formula is C11H17BrN2OS. The lowest BCUT2D eigenvalue weighted by molar-refractivity contribution is 0.0612. The van der Waals surface area contributed by atoms with Crippen LogP contribution in [0.25, 0.3) is 0 Å². The number of nitrogens with two attached hydrogens (primary N) is 1. The minimum absolute atomic E-state index is 0.201. The second kappa shape index (κ2) is 5.60. The van der Waals surface area contributed by atoms with Gasteiger partial charge in [0.25, 0.3) is 0 Å². The summed E-state index contributed by atoms with van der Waals surface area (Å²) < 4.78 is 6.92. The fourth-order valence-electron chi connectivity index (χ4n) is 2.17. The van der Waals surface area contributed by atoms with Crippen molar-refractivity contribution in [2.45, 2.75) is 31.9 Å². The maximum atomic E-state index is 5.75. The first-order chi connectivity index (χ1) is 7.72. The molecule has 0 radical (unpaired) electrons. The number of rotatable bonds is 4. The number of ether oxygens (including phenoxy) is 1. The maximum Gasteiger partial charge on any atom is 0.0771 e. The molecular weight excluding hydrogens is 288 g/mol. The van der Waals surface area contributed by atoms with E-state index >= 15 is 0 Å². The van der Waals surface area contributed by atoms with Crippen molar-refractivity contribution in [2.75, 3.05) is 6.61 Å². The Hall–Kier alpha value is 0.0600. The zero-order chi connectivity index (χ0) is 11.5. The van der Waals surface area contributed by atoms with E-state index in [1.165, 1.54) is 9.35 Å². The molecule has 3 atom stereocenters. The Labute approximate surface area is 108 Å². The van der Waals surface area contributed by atoms with Gasteiger partial charge in [-0.2, -0.15) is 0 Å². The van der Waals surface area contributed by atoms with E-state index in [1.807, 2.05) is 0 Å². The molecule has 1 aliphatic heterocycles. The van der Waals surface area contributed by atoms with Crippen molar-refractivity contribution in [2.24, 2.45) is 11.8 Å². The second-order valence-electron chi connectivity index (χ2n) is 4.27. The van der Waals surface area contributed by atoms with Gasteiger partial charge in [0.15, 0.2) is 0 Å². The van der Waals surface area contributed by atoms with Crippen LogP contribution in [0.2, 0.25) is 0 Å². The summed E-state index contributed by atoms with van der Waals surface area (Å²) in [5.41, 5.74) is 2.90. The molecule has 1 saturated heterocycles. The van der Waals surface area contributed by atoms with E-state index in [0.29, 0.717) is 5.92 Å². The van der Waals surface area contributed by atoms with E-state index < -0.39 is 0 Å². The lowest BCUT2D eigenvalue weighted by atomic mass is 9.95. The molecule has 3 nitrogen and oxygen atoms in total. The molecule has 0 amide bonds. The van der Waals surface area contributed by atoms with Gasteiger partial charge >= 0.3 is 0 Å². The highest BCUT2D eigenvalue weighted by Crippen LogP contribution is 2.28. The molecule has 16 heavy (non-hydrogen) atoms. The number of hydrogen-bond acceptors (Lipinski definition) is 4. The predicted molar refractivity (Wildman–Crippen MR) is 70.4 cm³/mol. The summed E-state index contributed by atoms with van der Waals surface area (Å²) in [6, 6.07) is 2.28. The lowest BCUT2D eigenvalue weighted by Crippen LogP contribution is -2.47. The number of hydrogen-bond donors (Lipinski definition) is 2. The van der Waals surface area contributed by atoms with Crippen LogP contribution < -0.4 is 11.3 Å². The van der Waals surface area contributed by atoms with Crippen LogP contribution in [0, 0.1) is 5.92 Å². The molecule has 3 unspecified atom stereocenters. The molecule has 90 valence electrons. The predicted octanol–water partition coefficient (Wildman–Crippen LogP) is 2.31. The van der Waals surface area contributed by atoms with Gasteiger partial charge in [-0.1, -0.05) is 6.92 Å². The maximum absolute atomic E-state index is 5.75. The van der Waals surface area contributed by atoms with Crippen molar-refractivity contribution in [3.63, 3.8) is 0 Å². The first-order valence-electron chi connectivity index (χ1n) is 5.52. The van der Waals surface area contributed by atoms with E-state index in [0.717, 1.165) is 19.4 Å². The third kappa shape index (κ3) is 2.65. The van der Waals surface area contributed by atoms with Crippen LogP contribution in [0.15, 0.2) is 15.9 Å². The topological polar surface area (TPSA) is 47.3 Å². The molecule has 1 aromatic rings.